The fourth-order valence-corrected chi connectivity index (χ4v) is 3.19. The summed E-state index contributed by atoms with van der Waals surface area (Å²) in [5, 5.41) is 0. The lowest BCUT2D eigenvalue weighted by molar-refractivity contribution is -0.119. The Balaban J connectivity index is 0.00000225. The number of carbonyl (C=O) groups excluding carboxylic acids is 2. The van der Waals surface area contributed by atoms with Crippen molar-refractivity contribution < 1.29 is 14.0 Å². The van der Waals surface area contributed by atoms with E-state index in [1.165, 1.54) is 4.90 Å². The molecule has 1 aromatic heterocycles. The highest BCUT2D eigenvalue weighted by Crippen LogP contribution is 2.31. The molecule has 0 saturated heterocycles. The highest BCUT2D eigenvalue weighted by atomic mass is 79.9. The Bertz CT molecular complexity index is 793. The number of rotatable bonds is 3. The summed E-state index contributed by atoms with van der Waals surface area (Å²) in [6.07, 6.45) is 1.72. The molecule has 0 unspecified atom stereocenters. The van der Waals surface area contributed by atoms with Gasteiger partial charge in [0, 0.05) is 25.0 Å². The second kappa shape index (κ2) is 7.93. The predicted octanol–water partition coefficient (Wildman–Crippen LogP) is 3.10. The van der Waals surface area contributed by atoms with E-state index in [1.54, 1.807) is 24.1 Å². The Kier molecular flexibility index (Phi) is 6.13. The van der Waals surface area contributed by atoms with Crippen molar-refractivity contribution in [2.45, 2.75) is 12.8 Å². The second-order valence-electron chi connectivity index (χ2n) is 5.76. The van der Waals surface area contributed by atoms with E-state index in [4.69, 9.17) is 10.2 Å². The van der Waals surface area contributed by atoms with Gasteiger partial charge < -0.3 is 20.0 Å². The SMILES string of the molecule is CN(CC(=O)N1CCCc2c(N)cccc21)C(=O)c1ccc(Br)o1.Cl. The largest absolute Gasteiger partial charge is 0.444 e. The van der Waals surface area contributed by atoms with Crippen LogP contribution in [0.2, 0.25) is 0 Å². The zero-order valence-corrected chi connectivity index (χ0v) is 16.1. The molecule has 0 fully saturated rings. The van der Waals surface area contributed by atoms with Gasteiger partial charge in [0.1, 0.15) is 6.54 Å². The zero-order valence-electron chi connectivity index (χ0n) is 13.7. The Morgan fingerprint density at radius 1 is 1.32 bits per heavy atom. The van der Waals surface area contributed by atoms with E-state index in [-0.39, 0.29) is 36.5 Å². The maximum Gasteiger partial charge on any atom is 0.289 e. The molecule has 2 amide bonds. The Morgan fingerprint density at radius 3 is 2.76 bits per heavy atom. The number of likely N-dealkylation sites (N-methyl/N-ethyl adjacent to an activating group) is 1. The molecule has 6 nitrogen and oxygen atoms in total. The molecule has 134 valence electrons. The van der Waals surface area contributed by atoms with Crippen LogP contribution in [0, 0.1) is 0 Å². The first-order valence-corrected chi connectivity index (χ1v) is 8.45. The number of nitrogen functional groups attached to an aromatic ring is 1. The maximum atomic E-state index is 12.7. The van der Waals surface area contributed by atoms with Gasteiger partial charge in [0.2, 0.25) is 5.91 Å². The van der Waals surface area contributed by atoms with Crippen molar-refractivity contribution in [3.63, 3.8) is 0 Å². The third kappa shape index (κ3) is 3.99. The third-order valence-corrected chi connectivity index (χ3v) is 4.52. The fourth-order valence-electron chi connectivity index (χ4n) is 2.89. The lowest BCUT2D eigenvalue weighted by Gasteiger charge is -2.31. The number of anilines is 2. The number of amides is 2. The topological polar surface area (TPSA) is 79.8 Å². The molecule has 2 heterocycles. The second-order valence-corrected chi connectivity index (χ2v) is 6.54. The minimum atomic E-state index is -0.334. The van der Waals surface area contributed by atoms with E-state index in [0.29, 0.717) is 16.9 Å². The average molecular weight is 429 g/mol. The van der Waals surface area contributed by atoms with Gasteiger partial charge in [-0.3, -0.25) is 9.59 Å². The number of halogens is 2. The zero-order chi connectivity index (χ0) is 17.3. The fraction of sp³-hybridized carbons (Fsp3) is 0.294. The molecule has 2 aromatic rings. The van der Waals surface area contributed by atoms with Crippen LogP contribution in [-0.4, -0.2) is 36.9 Å². The molecule has 3 rings (SSSR count). The van der Waals surface area contributed by atoms with Crippen LogP contribution in [0.25, 0.3) is 0 Å². The van der Waals surface area contributed by atoms with Gasteiger partial charge in [0.15, 0.2) is 10.4 Å². The Labute approximate surface area is 160 Å². The molecule has 1 aliphatic heterocycles. The van der Waals surface area contributed by atoms with Crippen molar-refractivity contribution in [3.05, 3.63) is 46.3 Å². The van der Waals surface area contributed by atoms with Gasteiger partial charge >= 0.3 is 0 Å². The monoisotopic (exact) mass is 427 g/mol. The molecule has 0 atom stereocenters. The number of nitrogens with zero attached hydrogens (tertiary/aromatic N) is 2. The normalized spacial score (nSPS) is 13.0. The first-order valence-electron chi connectivity index (χ1n) is 7.66. The number of fused-ring (bicyclic) bond motifs is 1. The maximum absolute atomic E-state index is 12.7. The molecular formula is C17H19BrClN3O3. The summed E-state index contributed by atoms with van der Waals surface area (Å²) in [5.41, 5.74) is 8.56. The van der Waals surface area contributed by atoms with Gasteiger partial charge in [-0.1, -0.05) is 6.07 Å². The van der Waals surface area contributed by atoms with Gasteiger partial charge in [-0.05, 0) is 58.6 Å². The number of furan rings is 1. The highest BCUT2D eigenvalue weighted by Gasteiger charge is 2.26. The van der Waals surface area contributed by atoms with E-state index < -0.39 is 0 Å². The van der Waals surface area contributed by atoms with Gasteiger partial charge in [-0.2, -0.15) is 0 Å². The molecule has 0 bridgehead atoms. The summed E-state index contributed by atoms with van der Waals surface area (Å²) in [6.45, 7) is 0.606. The first-order chi connectivity index (χ1) is 11.5. The number of hydrogen-bond donors (Lipinski definition) is 1. The molecule has 1 aromatic carbocycles. The molecule has 0 radical (unpaired) electrons. The van der Waals surface area contributed by atoms with Crippen LogP contribution in [-0.2, 0) is 11.2 Å². The van der Waals surface area contributed by atoms with E-state index >= 15 is 0 Å². The summed E-state index contributed by atoms with van der Waals surface area (Å²) >= 11 is 3.16. The van der Waals surface area contributed by atoms with Gasteiger partial charge in [-0.15, -0.1) is 12.4 Å². The molecule has 2 N–H and O–H groups in total. The van der Waals surface area contributed by atoms with Crippen LogP contribution in [0.4, 0.5) is 11.4 Å². The van der Waals surface area contributed by atoms with E-state index in [2.05, 4.69) is 15.9 Å². The van der Waals surface area contributed by atoms with Crippen LogP contribution in [0.3, 0.4) is 0 Å². The number of benzene rings is 1. The van der Waals surface area contributed by atoms with Crippen molar-refractivity contribution in [1.29, 1.82) is 0 Å². The Morgan fingerprint density at radius 2 is 2.08 bits per heavy atom. The van der Waals surface area contributed by atoms with E-state index in [1.807, 2.05) is 18.2 Å². The van der Waals surface area contributed by atoms with Crippen molar-refractivity contribution in [2.75, 3.05) is 30.8 Å². The van der Waals surface area contributed by atoms with Crippen LogP contribution < -0.4 is 10.6 Å². The third-order valence-electron chi connectivity index (χ3n) is 4.09. The molecule has 25 heavy (non-hydrogen) atoms. The lowest BCUT2D eigenvalue weighted by Crippen LogP contribution is -2.43. The van der Waals surface area contributed by atoms with Crippen molar-refractivity contribution in [1.82, 2.24) is 4.90 Å². The predicted molar refractivity (Wildman–Crippen MR) is 102 cm³/mol. The average Bonchev–Trinajstić information content (AvgIpc) is 3.00. The van der Waals surface area contributed by atoms with Crippen molar-refractivity contribution in [3.8, 4) is 0 Å². The highest BCUT2D eigenvalue weighted by molar-refractivity contribution is 9.10. The molecular weight excluding hydrogens is 410 g/mol. The van der Waals surface area contributed by atoms with E-state index in [0.717, 1.165) is 24.1 Å². The summed E-state index contributed by atoms with van der Waals surface area (Å²) < 4.78 is 5.73. The van der Waals surface area contributed by atoms with Crippen LogP contribution in [0.5, 0.6) is 0 Å². The first kappa shape index (κ1) is 19.3. The smallest absolute Gasteiger partial charge is 0.289 e. The summed E-state index contributed by atoms with van der Waals surface area (Å²) in [5.74, 6) is -0.276. The molecule has 0 aliphatic carbocycles. The molecule has 1 aliphatic rings. The van der Waals surface area contributed by atoms with Crippen molar-refractivity contribution >= 4 is 51.5 Å². The van der Waals surface area contributed by atoms with E-state index in [9.17, 15) is 9.59 Å². The summed E-state index contributed by atoms with van der Waals surface area (Å²) in [4.78, 5) is 28.0. The summed E-state index contributed by atoms with van der Waals surface area (Å²) in [7, 11) is 1.58. The molecule has 0 spiro atoms. The standard InChI is InChI=1S/C17H18BrN3O3.ClH/c1-20(17(23)14-7-8-15(18)24-14)10-16(22)21-9-3-4-11-12(19)5-2-6-13(11)21;/h2,5-8H,3-4,9-10,19H2,1H3;1H. The number of carbonyl (C=O) groups is 2. The minimum Gasteiger partial charge on any atom is -0.444 e. The van der Waals surface area contributed by atoms with Crippen LogP contribution in [0.15, 0.2) is 39.4 Å². The lowest BCUT2D eigenvalue weighted by atomic mass is 10.00. The van der Waals surface area contributed by atoms with Gasteiger partial charge in [0.05, 0.1) is 0 Å². The van der Waals surface area contributed by atoms with Gasteiger partial charge in [-0.25, -0.2) is 0 Å². The van der Waals surface area contributed by atoms with Crippen LogP contribution in [0.1, 0.15) is 22.5 Å². The van der Waals surface area contributed by atoms with Crippen molar-refractivity contribution in [2.24, 2.45) is 0 Å². The molecule has 8 heteroatoms. The van der Waals surface area contributed by atoms with Gasteiger partial charge in [0.25, 0.3) is 5.91 Å². The molecule has 0 saturated carbocycles. The van der Waals surface area contributed by atoms with Crippen LogP contribution >= 0.6 is 28.3 Å². The Hall–Kier alpha value is -1.99. The number of hydrogen-bond acceptors (Lipinski definition) is 4. The quantitative estimate of drug-likeness (QED) is 0.762. The minimum absolute atomic E-state index is 0. The number of nitrogens with two attached hydrogens (primary N) is 1. The summed E-state index contributed by atoms with van der Waals surface area (Å²) in [6, 6.07) is 8.80.